The zero-order valence-electron chi connectivity index (χ0n) is 23.0. The molecule has 0 unspecified atom stereocenters. The van der Waals surface area contributed by atoms with Crippen LogP contribution in [0.25, 0.3) is 0 Å². The number of thioether (sulfide) groups is 1. The van der Waals surface area contributed by atoms with E-state index in [0.29, 0.717) is 0 Å². The number of carbonyl (C=O) groups excluding carboxylic acids is 3. The van der Waals surface area contributed by atoms with Crippen molar-refractivity contribution in [1.82, 2.24) is 0 Å². The maximum atomic E-state index is 13.0. The fraction of sp³-hybridized carbons (Fsp3) is 0.344. The molecular weight excluding hydrogens is 544 g/mol. The summed E-state index contributed by atoms with van der Waals surface area (Å²) in [6.07, 6.45) is -4.23. The first kappa shape index (κ1) is 30.5. The number of Topliss-reactive ketones (excluding diaryl/α,β-unsaturated/α-hetero) is 1. The van der Waals surface area contributed by atoms with Gasteiger partial charge in [-0.1, -0.05) is 90.6 Å². The summed E-state index contributed by atoms with van der Waals surface area (Å²) in [6.45, 7) is 1.81. The van der Waals surface area contributed by atoms with Crippen LogP contribution in [0, 0.1) is 0 Å². The van der Waals surface area contributed by atoms with E-state index in [4.69, 9.17) is 23.7 Å². The molecule has 0 amide bonds. The minimum atomic E-state index is -1.28. The maximum absolute atomic E-state index is 13.0. The van der Waals surface area contributed by atoms with Gasteiger partial charge in [0.25, 0.3) is 0 Å². The van der Waals surface area contributed by atoms with E-state index in [1.54, 1.807) is 0 Å². The van der Waals surface area contributed by atoms with E-state index in [2.05, 4.69) is 0 Å². The first-order chi connectivity index (χ1) is 19.9. The molecule has 0 radical (unpaired) electrons. The molecule has 5 atom stereocenters. The fourth-order valence-electron chi connectivity index (χ4n) is 4.36. The minimum absolute atomic E-state index is 0.0191. The normalized spacial score (nSPS) is 22.0. The van der Waals surface area contributed by atoms with Gasteiger partial charge >= 0.3 is 11.9 Å². The molecule has 0 aromatic heterocycles. The van der Waals surface area contributed by atoms with Gasteiger partial charge in [0.2, 0.25) is 0 Å². The molecule has 1 aliphatic heterocycles. The Kier molecular flexibility index (Phi) is 11.5. The molecule has 0 spiro atoms. The second-order valence-corrected chi connectivity index (χ2v) is 10.7. The van der Waals surface area contributed by atoms with Gasteiger partial charge in [0.1, 0.15) is 23.4 Å². The Labute approximate surface area is 244 Å². The van der Waals surface area contributed by atoms with Gasteiger partial charge in [-0.3, -0.25) is 4.79 Å². The van der Waals surface area contributed by atoms with Crippen molar-refractivity contribution < 1.29 is 38.1 Å². The lowest BCUT2D eigenvalue weighted by molar-refractivity contribution is -0.243. The predicted octanol–water partition coefficient (Wildman–Crippen LogP) is 5.13. The quantitative estimate of drug-likeness (QED) is 0.256. The third kappa shape index (κ3) is 8.99. The molecule has 9 heteroatoms. The van der Waals surface area contributed by atoms with Crippen LogP contribution >= 0.6 is 11.8 Å². The van der Waals surface area contributed by atoms with E-state index in [1.807, 2.05) is 91.0 Å². The third-order valence-corrected chi connectivity index (χ3v) is 7.60. The number of methoxy groups -OCH3 is 1. The van der Waals surface area contributed by atoms with Crippen LogP contribution in [0.1, 0.15) is 30.9 Å². The molecule has 0 bridgehead atoms. The van der Waals surface area contributed by atoms with Gasteiger partial charge in [-0.15, -0.1) is 0 Å². The van der Waals surface area contributed by atoms with Gasteiger partial charge in [0, 0.05) is 11.3 Å². The zero-order valence-corrected chi connectivity index (χ0v) is 23.9. The van der Waals surface area contributed by atoms with Gasteiger partial charge in [-0.2, -0.15) is 0 Å². The number of ether oxygens (including phenoxy) is 5. The van der Waals surface area contributed by atoms with Crippen LogP contribution in [-0.2, 0) is 51.3 Å². The molecule has 4 rings (SSSR count). The molecule has 0 saturated carbocycles. The second kappa shape index (κ2) is 15.5. The number of carbonyl (C=O) groups is 3. The first-order valence-electron chi connectivity index (χ1n) is 13.4. The Hall–Kier alpha value is -3.50. The highest BCUT2D eigenvalue weighted by atomic mass is 32.2. The molecule has 3 aromatic rings. The summed E-state index contributed by atoms with van der Waals surface area (Å²) in [5.41, 5.74) is 1.12. The Morgan fingerprint density at radius 2 is 1.27 bits per heavy atom. The SMILES string of the molecule is COC(=O)[C@@H]1O[C@H](Sc2ccccc2)[C@@H](OCc2ccccc2)[C@@H](OCc2ccccc2)[C@@H]1OC(=O)CCC(C)=O. The number of ketones is 1. The largest absolute Gasteiger partial charge is 0.467 e. The van der Waals surface area contributed by atoms with E-state index >= 15 is 0 Å². The van der Waals surface area contributed by atoms with Gasteiger partial charge in [0.15, 0.2) is 12.2 Å². The average Bonchev–Trinajstić information content (AvgIpc) is 3.00. The monoisotopic (exact) mass is 578 g/mol. The van der Waals surface area contributed by atoms with Gasteiger partial charge in [0.05, 0.1) is 26.7 Å². The Bertz CT molecular complexity index is 1250. The summed E-state index contributed by atoms with van der Waals surface area (Å²) in [5, 5.41) is 0. The van der Waals surface area contributed by atoms with Gasteiger partial charge in [-0.25, -0.2) is 4.79 Å². The van der Waals surface area contributed by atoms with Crippen molar-refractivity contribution in [3.05, 3.63) is 102 Å². The lowest BCUT2D eigenvalue weighted by atomic mass is 9.98. The molecule has 41 heavy (non-hydrogen) atoms. The van der Waals surface area contributed by atoms with Crippen molar-refractivity contribution in [3.8, 4) is 0 Å². The van der Waals surface area contributed by atoms with Crippen molar-refractivity contribution in [2.24, 2.45) is 0 Å². The number of rotatable bonds is 13. The van der Waals surface area contributed by atoms with Gasteiger partial charge in [-0.05, 0) is 30.2 Å². The zero-order chi connectivity index (χ0) is 29.0. The average molecular weight is 579 g/mol. The number of hydrogen-bond acceptors (Lipinski definition) is 9. The summed E-state index contributed by atoms with van der Waals surface area (Å²) in [7, 11) is 1.25. The van der Waals surface area contributed by atoms with Crippen LogP contribution in [0.3, 0.4) is 0 Å². The Balaban J connectivity index is 1.69. The van der Waals surface area contributed by atoms with Crippen LogP contribution in [0.15, 0.2) is 95.9 Å². The lowest BCUT2D eigenvalue weighted by Gasteiger charge is -2.44. The van der Waals surface area contributed by atoms with Crippen molar-refractivity contribution in [2.45, 2.75) is 67.7 Å². The first-order valence-corrected chi connectivity index (χ1v) is 14.3. The molecule has 0 N–H and O–H groups in total. The summed E-state index contributed by atoms with van der Waals surface area (Å²) < 4.78 is 30.1. The van der Waals surface area contributed by atoms with Crippen molar-refractivity contribution >= 4 is 29.5 Å². The Morgan fingerprint density at radius 1 is 0.732 bits per heavy atom. The van der Waals surface area contributed by atoms with Crippen molar-refractivity contribution in [3.63, 3.8) is 0 Å². The molecule has 8 nitrogen and oxygen atoms in total. The maximum Gasteiger partial charge on any atom is 0.339 e. The predicted molar refractivity (Wildman–Crippen MR) is 153 cm³/mol. The van der Waals surface area contributed by atoms with Crippen LogP contribution < -0.4 is 0 Å². The van der Waals surface area contributed by atoms with Crippen LogP contribution in [0.2, 0.25) is 0 Å². The van der Waals surface area contributed by atoms with Crippen LogP contribution in [0.5, 0.6) is 0 Å². The number of hydrogen-bond donors (Lipinski definition) is 0. The third-order valence-electron chi connectivity index (χ3n) is 6.44. The summed E-state index contributed by atoms with van der Waals surface area (Å²) >= 11 is 1.38. The molecule has 1 saturated heterocycles. The van der Waals surface area contributed by atoms with Crippen LogP contribution in [-0.4, -0.2) is 54.7 Å². The van der Waals surface area contributed by atoms with E-state index in [-0.39, 0.29) is 31.8 Å². The topological polar surface area (TPSA) is 97.4 Å². The van der Waals surface area contributed by atoms with Crippen molar-refractivity contribution in [1.29, 1.82) is 0 Å². The summed E-state index contributed by atoms with van der Waals surface area (Å²) in [6, 6.07) is 28.8. The summed E-state index contributed by atoms with van der Waals surface area (Å²) in [4.78, 5) is 38.3. The number of esters is 2. The second-order valence-electron chi connectivity index (χ2n) is 9.56. The molecule has 1 aliphatic rings. The van der Waals surface area contributed by atoms with E-state index in [9.17, 15) is 14.4 Å². The fourth-order valence-corrected chi connectivity index (χ4v) is 5.49. The minimum Gasteiger partial charge on any atom is -0.467 e. The van der Waals surface area contributed by atoms with Gasteiger partial charge < -0.3 is 28.5 Å². The molecule has 216 valence electrons. The number of benzene rings is 3. The highest BCUT2D eigenvalue weighted by Crippen LogP contribution is 2.38. The molecule has 0 aliphatic carbocycles. The van der Waals surface area contributed by atoms with Crippen molar-refractivity contribution in [2.75, 3.05) is 7.11 Å². The smallest absolute Gasteiger partial charge is 0.339 e. The molecule has 1 heterocycles. The molecule has 1 fully saturated rings. The van der Waals surface area contributed by atoms with E-state index < -0.39 is 41.8 Å². The highest BCUT2D eigenvalue weighted by Gasteiger charge is 2.53. The lowest BCUT2D eigenvalue weighted by Crippen LogP contribution is -2.62. The molecule has 3 aromatic carbocycles. The summed E-state index contributed by atoms with van der Waals surface area (Å²) in [5.74, 6) is -1.50. The Morgan fingerprint density at radius 3 is 1.80 bits per heavy atom. The standard InChI is InChI=1S/C32H34O8S/c1-22(33)18-19-26(34)39-28-27(37-20-23-12-6-3-7-13-23)30(38-21-24-14-8-4-9-15-24)32(40-29(28)31(35)36-2)41-25-16-10-5-11-17-25/h3-17,27-30,32H,18-21H2,1-2H3/t27-,28-,29+,30-,32+/m0/s1. The van der Waals surface area contributed by atoms with E-state index in [1.165, 1.54) is 25.8 Å². The van der Waals surface area contributed by atoms with Crippen LogP contribution in [0.4, 0.5) is 0 Å². The highest BCUT2D eigenvalue weighted by molar-refractivity contribution is 7.99. The van der Waals surface area contributed by atoms with E-state index in [0.717, 1.165) is 16.0 Å². The molecular formula is C32H34O8S.